The van der Waals surface area contributed by atoms with Gasteiger partial charge in [-0.1, -0.05) is 0 Å². The van der Waals surface area contributed by atoms with Gasteiger partial charge >= 0.3 is 11.9 Å². The van der Waals surface area contributed by atoms with Crippen LogP contribution in [-0.4, -0.2) is 88.0 Å². The smallest absolute Gasteiger partial charge is 0.338 e. The highest BCUT2D eigenvalue weighted by molar-refractivity contribution is 5.92. The molecule has 34 heavy (non-hydrogen) atoms. The highest BCUT2D eigenvalue weighted by Gasteiger charge is 2.13. The Balaban J connectivity index is 1.84. The van der Waals surface area contributed by atoms with E-state index < -0.39 is 11.9 Å². The molecule has 2 aromatic heterocycles. The van der Waals surface area contributed by atoms with Crippen LogP contribution in [0.1, 0.15) is 34.6 Å². The maximum Gasteiger partial charge on any atom is 0.338 e. The lowest BCUT2D eigenvalue weighted by molar-refractivity contribution is 0.0160. The predicted octanol–water partition coefficient (Wildman–Crippen LogP) is 2.56. The van der Waals surface area contributed by atoms with Crippen LogP contribution < -0.4 is 0 Å². The third-order valence-corrected chi connectivity index (χ3v) is 4.33. The topological polar surface area (TPSA) is 115 Å². The largest absolute Gasteiger partial charge is 0.460 e. The van der Waals surface area contributed by atoms with Crippen LogP contribution in [0.5, 0.6) is 0 Å². The lowest BCUT2D eigenvalue weighted by Gasteiger charge is -2.08. The molecule has 2 heterocycles. The monoisotopic (exact) mass is 476 g/mol. The van der Waals surface area contributed by atoms with E-state index in [0.29, 0.717) is 62.2 Å². The zero-order valence-corrected chi connectivity index (χ0v) is 19.7. The van der Waals surface area contributed by atoms with E-state index in [1.165, 1.54) is 12.4 Å². The van der Waals surface area contributed by atoms with Gasteiger partial charge in [0.25, 0.3) is 0 Å². The Morgan fingerprint density at radius 1 is 0.618 bits per heavy atom. The van der Waals surface area contributed by atoms with Crippen molar-refractivity contribution in [1.82, 2.24) is 9.97 Å². The van der Waals surface area contributed by atoms with Gasteiger partial charge in [-0.25, -0.2) is 9.59 Å². The van der Waals surface area contributed by atoms with Gasteiger partial charge in [-0.2, -0.15) is 0 Å². The van der Waals surface area contributed by atoms with Gasteiger partial charge in [0.2, 0.25) is 0 Å². The van der Waals surface area contributed by atoms with E-state index in [1.807, 2.05) is 13.8 Å². The molecule has 0 spiro atoms. The van der Waals surface area contributed by atoms with E-state index in [1.54, 1.807) is 24.3 Å². The third-order valence-electron chi connectivity index (χ3n) is 4.33. The van der Waals surface area contributed by atoms with Crippen molar-refractivity contribution in [2.75, 3.05) is 66.1 Å². The van der Waals surface area contributed by atoms with Gasteiger partial charge in [0.1, 0.15) is 13.2 Å². The number of nitrogens with zero attached hydrogens (tertiary/aromatic N) is 2. The average molecular weight is 477 g/mol. The van der Waals surface area contributed by atoms with Crippen molar-refractivity contribution in [2.45, 2.75) is 13.8 Å². The van der Waals surface area contributed by atoms with Gasteiger partial charge in [-0.3, -0.25) is 9.97 Å². The van der Waals surface area contributed by atoms with Crippen LogP contribution in [0.15, 0.2) is 36.7 Å². The fraction of sp³-hybridized carbons (Fsp3) is 0.500. The van der Waals surface area contributed by atoms with Gasteiger partial charge in [0.15, 0.2) is 0 Å². The van der Waals surface area contributed by atoms with E-state index in [9.17, 15) is 9.59 Å². The number of aromatic nitrogens is 2. The number of hydrogen-bond donors (Lipinski definition) is 0. The number of ether oxygens (including phenoxy) is 6. The van der Waals surface area contributed by atoms with Gasteiger partial charge < -0.3 is 28.4 Å². The first kappa shape index (κ1) is 27.3. The molecule has 186 valence electrons. The summed E-state index contributed by atoms with van der Waals surface area (Å²) in [6.07, 6.45) is 2.97. The molecule has 0 bridgehead atoms. The van der Waals surface area contributed by atoms with Crippen molar-refractivity contribution >= 4 is 11.9 Å². The molecule has 0 aliphatic rings. The van der Waals surface area contributed by atoms with Gasteiger partial charge in [0, 0.05) is 25.6 Å². The van der Waals surface area contributed by atoms with Crippen LogP contribution in [-0.2, 0) is 28.4 Å². The Labute approximate surface area is 199 Å². The van der Waals surface area contributed by atoms with Crippen LogP contribution in [0, 0.1) is 0 Å². The maximum absolute atomic E-state index is 12.3. The lowest BCUT2D eigenvalue weighted by atomic mass is 10.1. The molecule has 10 heteroatoms. The van der Waals surface area contributed by atoms with Crippen LogP contribution >= 0.6 is 0 Å². The quantitative estimate of drug-likeness (QED) is 0.249. The molecule has 0 saturated heterocycles. The van der Waals surface area contributed by atoms with Crippen molar-refractivity contribution in [3.05, 3.63) is 47.8 Å². The van der Waals surface area contributed by atoms with Crippen molar-refractivity contribution < 1.29 is 38.0 Å². The summed E-state index contributed by atoms with van der Waals surface area (Å²) < 4.78 is 31.4. The molecule has 0 amide bonds. The molecule has 2 aromatic rings. The number of hydrogen-bond acceptors (Lipinski definition) is 10. The molecule has 0 fully saturated rings. The van der Waals surface area contributed by atoms with Gasteiger partial charge in [-0.05, 0) is 38.1 Å². The van der Waals surface area contributed by atoms with Crippen molar-refractivity contribution in [3.63, 3.8) is 0 Å². The van der Waals surface area contributed by atoms with Crippen LogP contribution in [0.3, 0.4) is 0 Å². The number of carbonyl (C=O) groups excluding carboxylic acids is 2. The highest BCUT2D eigenvalue weighted by Crippen LogP contribution is 2.18. The highest BCUT2D eigenvalue weighted by atomic mass is 16.6. The first-order chi connectivity index (χ1) is 16.7. The van der Waals surface area contributed by atoms with E-state index in [-0.39, 0.29) is 26.4 Å². The zero-order valence-electron chi connectivity index (χ0n) is 19.7. The minimum absolute atomic E-state index is 0.123. The van der Waals surface area contributed by atoms with Gasteiger partial charge in [-0.15, -0.1) is 0 Å². The summed E-state index contributed by atoms with van der Waals surface area (Å²) in [5, 5.41) is 0. The molecular formula is C24H32N2O8. The molecule has 0 aromatic carbocycles. The summed E-state index contributed by atoms with van der Waals surface area (Å²) in [5.41, 5.74) is 1.49. The lowest BCUT2D eigenvalue weighted by Crippen LogP contribution is -2.13. The van der Waals surface area contributed by atoms with E-state index >= 15 is 0 Å². The second kappa shape index (κ2) is 16.7. The molecule has 0 unspecified atom stereocenters. The fourth-order valence-corrected chi connectivity index (χ4v) is 2.68. The standard InChI is InChI=1S/C24H32N2O8/c1-3-29-9-11-31-13-15-33-23(27)19-5-7-25-21(17-19)22-18-20(6-8-26-22)24(28)34-16-14-32-12-10-30-4-2/h5-8,17-18H,3-4,9-16H2,1-2H3. The second-order valence-corrected chi connectivity index (χ2v) is 6.75. The first-order valence-electron chi connectivity index (χ1n) is 11.2. The van der Waals surface area contributed by atoms with Crippen LogP contribution in [0.25, 0.3) is 11.4 Å². The predicted molar refractivity (Wildman–Crippen MR) is 123 cm³/mol. The molecule has 10 nitrogen and oxygen atoms in total. The van der Waals surface area contributed by atoms with Crippen molar-refractivity contribution in [3.8, 4) is 11.4 Å². The molecule has 0 radical (unpaired) electrons. The van der Waals surface area contributed by atoms with Crippen molar-refractivity contribution in [2.24, 2.45) is 0 Å². The summed E-state index contributed by atoms with van der Waals surface area (Å²) in [6.45, 7) is 7.76. The minimum atomic E-state index is -0.503. The summed E-state index contributed by atoms with van der Waals surface area (Å²) in [4.78, 5) is 33.1. The molecular weight excluding hydrogens is 444 g/mol. The van der Waals surface area contributed by atoms with E-state index in [0.717, 1.165) is 0 Å². The fourth-order valence-electron chi connectivity index (χ4n) is 2.68. The summed E-state index contributed by atoms with van der Waals surface area (Å²) in [7, 11) is 0. The summed E-state index contributed by atoms with van der Waals surface area (Å²) in [6, 6.07) is 6.21. The Bertz CT molecular complexity index is 806. The molecule has 0 N–H and O–H groups in total. The maximum atomic E-state index is 12.3. The molecule has 2 rings (SSSR count). The Morgan fingerprint density at radius 2 is 1.00 bits per heavy atom. The minimum Gasteiger partial charge on any atom is -0.460 e. The number of rotatable bonds is 17. The zero-order chi connectivity index (χ0) is 24.4. The molecule has 0 aliphatic carbocycles. The SMILES string of the molecule is CCOCCOCCOC(=O)c1ccnc(-c2cc(C(=O)OCCOCCOCC)ccn2)c1. The second-order valence-electron chi connectivity index (χ2n) is 6.75. The summed E-state index contributed by atoms with van der Waals surface area (Å²) in [5.74, 6) is -1.01. The Kier molecular flexibility index (Phi) is 13.4. The normalized spacial score (nSPS) is 10.8. The first-order valence-corrected chi connectivity index (χ1v) is 11.2. The molecule has 0 aliphatic heterocycles. The van der Waals surface area contributed by atoms with E-state index in [2.05, 4.69) is 9.97 Å². The van der Waals surface area contributed by atoms with Crippen LogP contribution in [0.2, 0.25) is 0 Å². The van der Waals surface area contributed by atoms with Gasteiger partial charge in [0.05, 0.1) is 62.2 Å². The molecule has 0 saturated carbocycles. The van der Waals surface area contributed by atoms with Crippen LogP contribution in [0.4, 0.5) is 0 Å². The Morgan fingerprint density at radius 3 is 1.41 bits per heavy atom. The number of pyridine rings is 2. The average Bonchev–Trinajstić information content (AvgIpc) is 2.87. The Hall–Kier alpha value is -2.92. The summed E-state index contributed by atoms with van der Waals surface area (Å²) >= 11 is 0. The molecule has 0 atom stereocenters. The van der Waals surface area contributed by atoms with Crippen molar-refractivity contribution in [1.29, 1.82) is 0 Å². The third kappa shape index (κ3) is 10.3. The van der Waals surface area contributed by atoms with E-state index in [4.69, 9.17) is 28.4 Å². The number of esters is 2. The number of carbonyl (C=O) groups is 2.